The number of H-pyrrole nitrogens is 4. The van der Waals surface area contributed by atoms with Crippen molar-refractivity contribution >= 4 is 92.2 Å². The van der Waals surface area contributed by atoms with Gasteiger partial charge in [-0.15, -0.1) is 0 Å². The molecule has 5 aromatic rings. The van der Waals surface area contributed by atoms with E-state index in [9.17, 15) is 19.2 Å². The van der Waals surface area contributed by atoms with Gasteiger partial charge < -0.3 is 19.8 Å². The molecule has 1 fully saturated rings. The summed E-state index contributed by atoms with van der Waals surface area (Å²) in [6, 6.07) is 0. The van der Waals surface area contributed by atoms with E-state index in [-0.39, 0.29) is 33.6 Å². The second-order valence-electron chi connectivity index (χ2n) is 10.2. The first kappa shape index (κ1) is 50.0. The summed E-state index contributed by atoms with van der Waals surface area (Å²) in [5, 5.41) is 10.4. The average Bonchev–Trinajstić information content (AvgIpc) is 3.74. The van der Waals surface area contributed by atoms with Crippen molar-refractivity contribution < 1.29 is 9.84 Å². The van der Waals surface area contributed by atoms with E-state index in [0.717, 1.165) is 47.2 Å². The van der Waals surface area contributed by atoms with Crippen molar-refractivity contribution in [2.45, 2.75) is 63.9 Å². The molecule has 0 aliphatic carbocycles. The molecular weight excluding hydrogens is 960 g/mol. The molecule has 1 aliphatic rings. The van der Waals surface area contributed by atoms with Crippen LogP contribution in [0.2, 0.25) is 31.3 Å². The molecule has 55 heavy (non-hydrogen) atoms. The molecule has 0 radical (unpaired) electrons. The highest BCUT2D eigenvalue weighted by molar-refractivity contribution is 14.1. The Kier molecular flexibility index (Phi) is 25.8. The largest absolute Gasteiger partial charge is 0.391 e. The summed E-state index contributed by atoms with van der Waals surface area (Å²) in [4.78, 5) is 73.6. The normalized spacial score (nSPS) is 11.1. The van der Waals surface area contributed by atoms with Crippen LogP contribution in [0.1, 0.15) is 61.4 Å². The summed E-state index contributed by atoms with van der Waals surface area (Å²) in [5.74, 6) is 0. The van der Waals surface area contributed by atoms with Crippen molar-refractivity contribution in [2.75, 3.05) is 13.2 Å². The minimum Gasteiger partial charge on any atom is -0.391 e. The Morgan fingerprint density at radius 1 is 0.618 bits per heavy atom. The molecule has 5 N–H and O–H groups in total. The zero-order valence-electron chi connectivity index (χ0n) is 29.6. The average molecular weight is 997 g/mol. The van der Waals surface area contributed by atoms with E-state index >= 15 is 0 Å². The number of aliphatic hydroxyl groups excluding tert-OH is 1. The van der Waals surface area contributed by atoms with E-state index in [1.165, 1.54) is 25.2 Å². The number of aliphatic hydroxyl groups is 1. The molecule has 0 atom stereocenters. The van der Waals surface area contributed by atoms with Crippen LogP contribution in [0.5, 0.6) is 0 Å². The van der Waals surface area contributed by atoms with Gasteiger partial charge in [-0.05, 0) is 66.9 Å². The third-order valence-corrected chi connectivity index (χ3v) is 8.77. The smallest absolute Gasteiger partial charge is 0.325 e. The molecule has 0 aromatic carbocycles. The highest BCUT2D eigenvalue weighted by Gasteiger charge is 2.02. The summed E-state index contributed by atoms with van der Waals surface area (Å²) < 4.78 is 5.74. The van der Waals surface area contributed by atoms with Crippen LogP contribution in [0, 0.1) is 0 Å². The van der Waals surface area contributed by atoms with Crippen LogP contribution in [0.25, 0.3) is 0 Å². The Morgan fingerprint density at radius 2 is 0.982 bits per heavy atom. The molecule has 0 bridgehead atoms. The number of ether oxygens (including phenoxy) is 1. The lowest BCUT2D eigenvalue weighted by atomic mass is 10.3. The van der Waals surface area contributed by atoms with Gasteiger partial charge in [-0.1, -0.05) is 78.2 Å². The predicted octanol–water partition coefficient (Wildman–Crippen LogP) is 6.39. The van der Waals surface area contributed by atoms with Crippen LogP contribution >= 0.6 is 92.2 Å². The Bertz CT molecular complexity index is 1940. The third kappa shape index (κ3) is 20.6. The van der Waals surface area contributed by atoms with Crippen LogP contribution in [0.15, 0.2) is 50.2 Å². The first-order valence-corrected chi connectivity index (χ1v) is 19.9. The number of nitrogens with one attached hydrogen (secondary N) is 4. The quantitative estimate of drug-likeness (QED) is 0.0558. The molecule has 1 aliphatic heterocycles. The monoisotopic (exact) mass is 994 g/mol. The molecule has 5 aromatic heterocycles. The number of hydrogen-bond acceptors (Lipinski definition) is 12. The number of aryl methyl sites for hydroxylation is 3. The van der Waals surface area contributed by atoms with E-state index in [1.54, 1.807) is 18.6 Å². The third-order valence-electron chi connectivity index (χ3n) is 6.42. The fourth-order valence-electron chi connectivity index (χ4n) is 3.43. The molecule has 16 nitrogen and oxygen atoms in total. The van der Waals surface area contributed by atoms with E-state index in [2.05, 4.69) is 67.4 Å². The molecule has 0 amide bonds. The minimum atomic E-state index is -0.567. The molecule has 300 valence electrons. The zero-order valence-corrected chi connectivity index (χ0v) is 36.3. The van der Waals surface area contributed by atoms with E-state index in [1.807, 2.05) is 25.8 Å². The van der Waals surface area contributed by atoms with Gasteiger partial charge in [0.25, 0.3) is 11.1 Å². The van der Waals surface area contributed by atoms with Crippen molar-refractivity contribution in [3.05, 3.63) is 132 Å². The molecule has 0 unspecified atom stereocenters. The summed E-state index contributed by atoms with van der Waals surface area (Å²) >= 11 is 35.7. The van der Waals surface area contributed by atoms with Crippen molar-refractivity contribution in [1.29, 1.82) is 0 Å². The van der Waals surface area contributed by atoms with Gasteiger partial charge in [0.15, 0.2) is 0 Å². The number of halogens is 7. The van der Waals surface area contributed by atoms with Crippen molar-refractivity contribution in [2.24, 2.45) is 0 Å². The SMILES string of the molecule is C1CCOC1.CCc1c[nH]c(=O)[nH]c1=O.CCc1cnc(Cl)nc1Cl.CCc1cnc(Cl)nc1Cl.Clc1ncc(CI)c(Cl)n1.O=c1[nH]cc(CO)c(=O)[nH]1. The lowest BCUT2D eigenvalue weighted by molar-refractivity contribution is 0.198. The number of alkyl halides is 1. The number of rotatable bonds is 5. The first-order chi connectivity index (χ1) is 26.2. The Hall–Kier alpha value is -3.01. The maximum absolute atomic E-state index is 10.8. The minimum absolute atomic E-state index is 0.152. The van der Waals surface area contributed by atoms with Gasteiger partial charge in [-0.3, -0.25) is 19.6 Å². The molecule has 1 saturated heterocycles. The number of nitrogens with zero attached hydrogens (tertiary/aromatic N) is 6. The highest BCUT2D eigenvalue weighted by Crippen LogP contribution is 2.17. The topological polar surface area (TPSA) is 238 Å². The molecule has 6 rings (SSSR count). The molecule has 0 spiro atoms. The van der Waals surface area contributed by atoms with Gasteiger partial charge in [-0.2, -0.15) is 0 Å². The second-order valence-corrected chi connectivity index (χ2v) is 13.1. The van der Waals surface area contributed by atoms with Crippen LogP contribution in [-0.2, 0) is 35.0 Å². The van der Waals surface area contributed by atoms with E-state index in [4.69, 9.17) is 79.4 Å². The van der Waals surface area contributed by atoms with Crippen molar-refractivity contribution in [1.82, 2.24) is 49.8 Å². The van der Waals surface area contributed by atoms with Crippen molar-refractivity contribution in [3.8, 4) is 0 Å². The first-order valence-electron chi connectivity index (χ1n) is 16.1. The standard InChI is InChI=1S/2C6H6Cl2N2.C6H8N2O2.C5H3Cl2IN2.C5H6N2O3.C4H8O/c2*1-2-4-3-9-6(8)10-5(4)7;1-2-4-3-7-6(10)8-5(4)9;6-4-3(1-8)2-9-5(7)10-4;8-2-3-1-6-5(10)7-4(3)9;1-2-4-5-3-1/h2*3H,2H2,1H3;3H,2H2,1H3,(H2,7,8,9,10);2H,1H2;1,8H,2H2,(H2,6,7,9,10);1-4H2. The van der Waals surface area contributed by atoms with E-state index < -0.39 is 16.9 Å². The van der Waals surface area contributed by atoms with Crippen LogP contribution in [0.3, 0.4) is 0 Å². The van der Waals surface area contributed by atoms with Crippen LogP contribution in [-0.4, -0.2) is 68.2 Å². The summed E-state index contributed by atoms with van der Waals surface area (Å²) in [6.07, 6.45) is 12.4. The molecule has 23 heteroatoms. The van der Waals surface area contributed by atoms with Gasteiger partial charge in [-0.25, -0.2) is 39.5 Å². The number of hydrogen-bond donors (Lipinski definition) is 5. The molecule has 6 heterocycles. The maximum atomic E-state index is 10.8. The van der Waals surface area contributed by atoms with E-state index in [0.29, 0.717) is 27.4 Å². The highest BCUT2D eigenvalue weighted by atomic mass is 127. The molecular formula is C32H37Cl6IN10O6. The summed E-state index contributed by atoms with van der Waals surface area (Å²) in [5.41, 5.74) is 1.63. The maximum Gasteiger partial charge on any atom is 0.325 e. The van der Waals surface area contributed by atoms with Gasteiger partial charge in [0.05, 0.1) is 12.2 Å². The Labute approximate surface area is 358 Å². The number of aromatic nitrogens is 10. The van der Waals surface area contributed by atoms with Gasteiger partial charge in [0.1, 0.15) is 15.5 Å². The van der Waals surface area contributed by atoms with Crippen molar-refractivity contribution in [3.63, 3.8) is 0 Å². The Balaban J connectivity index is 0.000000333. The lowest BCUT2D eigenvalue weighted by Crippen LogP contribution is -2.24. The lowest BCUT2D eigenvalue weighted by Gasteiger charge is -1.96. The zero-order chi connectivity index (χ0) is 41.3. The van der Waals surface area contributed by atoms with Gasteiger partial charge >= 0.3 is 11.4 Å². The molecule has 0 saturated carbocycles. The van der Waals surface area contributed by atoms with Gasteiger partial charge in [0, 0.05) is 70.9 Å². The van der Waals surface area contributed by atoms with Gasteiger partial charge in [0.2, 0.25) is 15.9 Å². The summed E-state index contributed by atoms with van der Waals surface area (Å²) in [7, 11) is 0. The van der Waals surface area contributed by atoms with Crippen LogP contribution < -0.4 is 22.5 Å². The fourth-order valence-corrected chi connectivity index (χ4v) is 5.46. The fraction of sp³-hybridized carbons (Fsp3) is 0.375. The Morgan fingerprint density at radius 3 is 1.25 bits per heavy atom. The number of aromatic amines is 4. The second kappa shape index (κ2) is 28.4. The summed E-state index contributed by atoms with van der Waals surface area (Å²) in [6.45, 7) is 7.45. The van der Waals surface area contributed by atoms with Crippen LogP contribution in [0.4, 0.5) is 0 Å². The predicted molar refractivity (Wildman–Crippen MR) is 223 cm³/mol.